The monoisotopic (exact) mass is 205 g/mol. The van der Waals surface area contributed by atoms with Crippen molar-refractivity contribution in [2.45, 2.75) is 18.9 Å². The van der Waals surface area contributed by atoms with Crippen LogP contribution in [0.15, 0.2) is 0 Å². The number of aliphatic hydroxyl groups excluding tert-OH is 1. The van der Waals surface area contributed by atoms with Gasteiger partial charge >= 0.3 is 0 Å². The van der Waals surface area contributed by atoms with Crippen LogP contribution >= 0.6 is 12.0 Å². The van der Waals surface area contributed by atoms with E-state index in [1.807, 2.05) is 6.26 Å². The lowest BCUT2D eigenvalue weighted by atomic mass is 10.1. The maximum Gasteiger partial charge on any atom is 0.248 e. The van der Waals surface area contributed by atoms with Gasteiger partial charge in [0.25, 0.3) is 0 Å². The van der Waals surface area contributed by atoms with Gasteiger partial charge in [0.05, 0.1) is 6.10 Å². The average molecular weight is 205 g/mol. The van der Waals surface area contributed by atoms with Gasteiger partial charge in [-0.3, -0.25) is 4.79 Å². The van der Waals surface area contributed by atoms with E-state index in [-0.39, 0.29) is 12.0 Å². The molecular formula is C8H15NO3S. The molecule has 1 atom stereocenters. The van der Waals surface area contributed by atoms with Crippen molar-refractivity contribution in [3.8, 4) is 0 Å². The summed E-state index contributed by atoms with van der Waals surface area (Å²) in [6.07, 6.45) is 3.94. The topological polar surface area (TPSA) is 49.8 Å². The molecule has 1 rings (SSSR count). The average Bonchev–Trinajstić information content (AvgIpc) is 2.18. The van der Waals surface area contributed by atoms with Crippen LogP contribution in [0.4, 0.5) is 0 Å². The van der Waals surface area contributed by atoms with E-state index >= 15 is 0 Å². The molecule has 0 aromatic carbocycles. The van der Waals surface area contributed by atoms with Crippen molar-refractivity contribution >= 4 is 17.9 Å². The molecule has 0 radical (unpaired) electrons. The molecule has 0 unspecified atom stereocenters. The van der Waals surface area contributed by atoms with Crippen LogP contribution in [0.3, 0.4) is 0 Å². The second-order valence-electron chi connectivity index (χ2n) is 3.02. The van der Waals surface area contributed by atoms with Crippen LogP contribution in [0.5, 0.6) is 0 Å². The zero-order chi connectivity index (χ0) is 9.68. The Morgan fingerprint density at radius 2 is 2.54 bits per heavy atom. The van der Waals surface area contributed by atoms with E-state index in [9.17, 15) is 4.79 Å². The van der Waals surface area contributed by atoms with Gasteiger partial charge in [-0.2, -0.15) is 0 Å². The molecule has 5 heteroatoms. The number of aliphatic hydroxyl groups is 1. The number of carbonyl (C=O) groups excluding carboxylic acids is 1. The van der Waals surface area contributed by atoms with E-state index in [1.54, 1.807) is 4.90 Å². The molecule has 0 aliphatic carbocycles. The van der Waals surface area contributed by atoms with E-state index in [0.717, 1.165) is 19.4 Å². The highest BCUT2D eigenvalue weighted by Gasteiger charge is 2.23. The van der Waals surface area contributed by atoms with Gasteiger partial charge in [0, 0.05) is 19.3 Å². The number of piperidine rings is 1. The van der Waals surface area contributed by atoms with Crippen molar-refractivity contribution in [2.24, 2.45) is 0 Å². The minimum absolute atomic E-state index is 0.124. The van der Waals surface area contributed by atoms with Crippen molar-refractivity contribution in [3.05, 3.63) is 0 Å². The molecule has 0 spiro atoms. The Kier molecular flexibility index (Phi) is 4.55. The third-order valence-electron chi connectivity index (χ3n) is 2.10. The van der Waals surface area contributed by atoms with Crippen LogP contribution in [-0.2, 0) is 8.98 Å². The second kappa shape index (κ2) is 5.47. The number of rotatable bonds is 3. The van der Waals surface area contributed by atoms with Gasteiger partial charge in [0.15, 0.2) is 0 Å². The lowest BCUT2D eigenvalue weighted by Gasteiger charge is -2.31. The molecule has 1 aliphatic heterocycles. The summed E-state index contributed by atoms with van der Waals surface area (Å²) in [6.45, 7) is 0.958. The number of hydrogen-bond donors (Lipinski definition) is 1. The predicted octanol–water partition coefficient (Wildman–Crippen LogP) is 0.264. The van der Waals surface area contributed by atoms with E-state index in [1.165, 1.54) is 12.0 Å². The van der Waals surface area contributed by atoms with Crippen molar-refractivity contribution in [2.75, 3.05) is 26.0 Å². The first-order chi connectivity index (χ1) is 6.27. The fraction of sp³-hybridized carbons (Fsp3) is 0.875. The minimum Gasteiger partial charge on any atom is -0.387 e. The summed E-state index contributed by atoms with van der Waals surface area (Å²) in [7, 11) is 0. The van der Waals surface area contributed by atoms with E-state index in [4.69, 9.17) is 9.29 Å². The smallest absolute Gasteiger partial charge is 0.248 e. The Morgan fingerprint density at radius 1 is 1.77 bits per heavy atom. The fourth-order valence-corrected chi connectivity index (χ4v) is 1.91. The van der Waals surface area contributed by atoms with Crippen molar-refractivity contribution in [3.63, 3.8) is 0 Å². The maximum atomic E-state index is 11.1. The largest absolute Gasteiger partial charge is 0.387 e. The Hall–Kier alpha value is -0.260. The SMILES string of the molecule is CSO[C@H]1CCCN(C(=O)CO)C1. The molecule has 0 bridgehead atoms. The molecular weight excluding hydrogens is 190 g/mol. The zero-order valence-corrected chi connectivity index (χ0v) is 8.55. The van der Waals surface area contributed by atoms with Crippen LogP contribution in [0.2, 0.25) is 0 Å². The third-order valence-corrected chi connectivity index (χ3v) is 2.56. The van der Waals surface area contributed by atoms with Gasteiger partial charge in [-0.15, -0.1) is 0 Å². The van der Waals surface area contributed by atoms with Crippen molar-refractivity contribution in [1.82, 2.24) is 4.90 Å². The first kappa shape index (κ1) is 10.8. The lowest BCUT2D eigenvalue weighted by molar-refractivity contribution is -0.136. The zero-order valence-electron chi connectivity index (χ0n) is 7.73. The summed E-state index contributed by atoms with van der Waals surface area (Å²) >= 11 is 1.33. The molecule has 1 amide bonds. The summed E-state index contributed by atoms with van der Waals surface area (Å²) in [5.41, 5.74) is 0. The molecule has 1 N–H and O–H groups in total. The summed E-state index contributed by atoms with van der Waals surface area (Å²) < 4.78 is 5.35. The number of hydrogen-bond acceptors (Lipinski definition) is 4. The van der Waals surface area contributed by atoms with Crippen LogP contribution in [0.1, 0.15) is 12.8 Å². The van der Waals surface area contributed by atoms with Crippen LogP contribution in [0, 0.1) is 0 Å². The Morgan fingerprint density at radius 3 is 3.15 bits per heavy atom. The van der Waals surface area contributed by atoms with Gasteiger partial charge in [-0.1, -0.05) is 0 Å². The van der Waals surface area contributed by atoms with E-state index < -0.39 is 6.61 Å². The standard InChI is InChI=1S/C8H15NO3S/c1-13-12-7-3-2-4-9(5-7)8(11)6-10/h7,10H,2-6H2,1H3/t7-/m0/s1. The molecule has 4 nitrogen and oxygen atoms in total. The quantitative estimate of drug-likeness (QED) is 0.672. The molecule has 0 saturated carbocycles. The van der Waals surface area contributed by atoms with Crippen LogP contribution < -0.4 is 0 Å². The molecule has 1 saturated heterocycles. The molecule has 13 heavy (non-hydrogen) atoms. The summed E-state index contributed by atoms with van der Waals surface area (Å²) in [6, 6.07) is 0. The number of carbonyl (C=O) groups is 1. The first-order valence-corrected chi connectivity index (χ1v) is 5.51. The molecule has 76 valence electrons. The van der Waals surface area contributed by atoms with Gasteiger partial charge in [0.2, 0.25) is 5.91 Å². The number of nitrogens with zero attached hydrogens (tertiary/aromatic N) is 1. The number of amides is 1. The van der Waals surface area contributed by atoms with Crippen LogP contribution in [-0.4, -0.2) is 48.0 Å². The van der Waals surface area contributed by atoms with Crippen molar-refractivity contribution < 1.29 is 14.1 Å². The highest BCUT2D eigenvalue weighted by Crippen LogP contribution is 2.16. The molecule has 0 aromatic heterocycles. The molecule has 0 aromatic rings. The van der Waals surface area contributed by atoms with Crippen LogP contribution in [0.25, 0.3) is 0 Å². The Balaban J connectivity index is 2.37. The highest BCUT2D eigenvalue weighted by molar-refractivity contribution is 7.93. The first-order valence-electron chi connectivity index (χ1n) is 4.36. The molecule has 1 heterocycles. The fourth-order valence-electron chi connectivity index (χ4n) is 1.48. The summed E-state index contributed by atoms with van der Waals surface area (Å²) in [4.78, 5) is 12.8. The summed E-state index contributed by atoms with van der Waals surface area (Å²) in [5, 5.41) is 8.67. The predicted molar refractivity (Wildman–Crippen MR) is 51.3 cm³/mol. The van der Waals surface area contributed by atoms with Crippen molar-refractivity contribution in [1.29, 1.82) is 0 Å². The minimum atomic E-state index is -0.397. The van der Waals surface area contributed by atoms with Gasteiger partial charge in [-0.05, 0) is 24.9 Å². The summed E-state index contributed by atoms with van der Waals surface area (Å²) in [5.74, 6) is -0.200. The highest BCUT2D eigenvalue weighted by atomic mass is 32.2. The second-order valence-corrected chi connectivity index (χ2v) is 3.55. The maximum absolute atomic E-state index is 11.1. The van der Waals surface area contributed by atoms with Gasteiger partial charge in [0.1, 0.15) is 6.61 Å². The normalized spacial score (nSPS) is 23.2. The Labute approximate surface area is 82.4 Å². The lowest BCUT2D eigenvalue weighted by Crippen LogP contribution is -2.43. The Bertz CT molecular complexity index is 175. The van der Waals surface area contributed by atoms with E-state index in [0.29, 0.717) is 6.54 Å². The van der Waals surface area contributed by atoms with Gasteiger partial charge in [-0.25, -0.2) is 0 Å². The van der Waals surface area contributed by atoms with Gasteiger partial charge < -0.3 is 14.2 Å². The molecule has 1 aliphatic rings. The van der Waals surface area contributed by atoms with E-state index in [2.05, 4.69) is 0 Å². The number of likely N-dealkylation sites (tertiary alicyclic amines) is 1. The third kappa shape index (κ3) is 3.17. The molecule has 1 fully saturated rings.